The lowest BCUT2D eigenvalue weighted by Crippen LogP contribution is -2.48. The quantitative estimate of drug-likeness (QED) is 0.845. The first kappa shape index (κ1) is 13.0. The van der Waals surface area contributed by atoms with Crippen molar-refractivity contribution in [2.45, 2.75) is 0 Å². The lowest BCUT2D eigenvalue weighted by atomic mass is 10.0. The van der Waals surface area contributed by atoms with E-state index in [-0.39, 0.29) is 5.91 Å². The summed E-state index contributed by atoms with van der Waals surface area (Å²) in [6.45, 7) is 2.53. The van der Waals surface area contributed by atoms with Gasteiger partial charge in [0.15, 0.2) is 0 Å². The van der Waals surface area contributed by atoms with E-state index in [1.807, 2.05) is 0 Å². The maximum Gasteiger partial charge on any atom is 0.253 e. The molecule has 2 aromatic rings. The molecule has 1 aromatic carbocycles. The van der Waals surface area contributed by atoms with E-state index in [1.165, 1.54) is 11.0 Å². The Hall–Kier alpha value is -1.99. The van der Waals surface area contributed by atoms with Gasteiger partial charge in [-0.3, -0.25) is 4.79 Å². The van der Waals surface area contributed by atoms with Gasteiger partial charge in [-0.15, -0.1) is 5.10 Å². The number of halogens is 1. The molecule has 7 nitrogen and oxygen atoms in total. The number of rotatable bonds is 4. The largest absolute Gasteiger partial charge is 0.352 e. The number of amides is 1. The van der Waals surface area contributed by atoms with Crippen LogP contribution in [-0.4, -0.2) is 45.7 Å². The minimum absolute atomic E-state index is 0.176. The van der Waals surface area contributed by atoms with E-state index in [0.29, 0.717) is 28.7 Å². The summed E-state index contributed by atoms with van der Waals surface area (Å²) in [5, 5.41) is 17.5. The Morgan fingerprint density at radius 2 is 2.35 bits per heavy atom. The summed E-state index contributed by atoms with van der Waals surface area (Å²) >= 11 is 5.97. The van der Waals surface area contributed by atoms with Crippen LogP contribution in [0.2, 0.25) is 5.02 Å². The zero-order valence-corrected chi connectivity index (χ0v) is 11.3. The van der Waals surface area contributed by atoms with Gasteiger partial charge in [0.25, 0.3) is 5.91 Å². The third kappa shape index (κ3) is 2.63. The number of hydrogen-bond acceptors (Lipinski definition) is 5. The van der Waals surface area contributed by atoms with E-state index < -0.39 is 0 Å². The van der Waals surface area contributed by atoms with E-state index >= 15 is 0 Å². The Labute approximate surface area is 120 Å². The highest BCUT2D eigenvalue weighted by molar-refractivity contribution is 6.31. The van der Waals surface area contributed by atoms with Crippen LogP contribution in [0, 0.1) is 5.92 Å². The molecule has 0 bridgehead atoms. The molecular weight excluding hydrogens is 280 g/mol. The Balaban J connectivity index is 1.83. The van der Waals surface area contributed by atoms with Crippen LogP contribution in [0.25, 0.3) is 5.69 Å². The van der Waals surface area contributed by atoms with Crippen LogP contribution >= 0.6 is 11.6 Å². The van der Waals surface area contributed by atoms with Crippen molar-refractivity contribution >= 4 is 17.5 Å². The number of hydrogen-bond donors (Lipinski definition) is 2. The molecule has 0 aliphatic carbocycles. The van der Waals surface area contributed by atoms with Crippen LogP contribution in [0.1, 0.15) is 10.4 Å². The smallest absolute Gasteiger partial charge is 0.253 e. The second-order valence-electron chi connectivity index (χ2n) is 4.65. The molecule has 1 aromatic heterocycles. The number of nitrogens with zero attached hydrogens (tertiary/aromatic N) is 4. The predicted molar refractivity (Wildman–Crippen MR) is 72.9 cm³/mol. The van der Waals surface area contributed by atoms with Crippen molar-refractivity contribution in [1.29, 1.82) is 0 Å². The van der Waals surface area contributed by atoms with Gasteiger partial charge in [-0.2, -0.15) is 4.68 Å². The van der Waals surface area contributed by atoms with Crippen LogP contribution in [0.3, 0.4) is 0 Å². The number of benzene rings is 1. The van der Waals surface area contributed by atoms with E-state index in [4.69, 9.17) is 11.6 Å². The molecule has 1 aliphatic rings. The molecule has 1 fully saturated rings. The number of carbonyl (C=O) groups excluding carboxylic acids is 1. The number of nitrogens with one attached hydrogen (secondary N) is 2. The fraction of sp³-hybridized carbons (Fsp3) is 0.333. The van der Waals surface area contributed by atoms with Gasteiger partial charge in [0.05, 0.1) is 11.3 Å². The van der Waals surface area contributed by atoms with Crippen molar-refractivity contribution in [3.63, 3.8) is 0 Å². The molecule has 8 heteroatoms. The zero-order valence-electron chi connectivity index (χ0n) is 10.6. The average molecular weight is 293 g/mol. The first-order valence-electron chi connectivity index (χ1n) is 6.26. The Bertz CT molecular complexity index is 610. The molecule has 1 aliphatic heterocycles. The Morgan fingerprint density at radius 3 is 3.00 bits per heavy atom. The van der Waals surface area contributed by atoms with Gasteiger partial charge in [-0.25, -0.2) is 0 Å². The lowest BCUT2D eigenvalue weighted by molar-refractivity contribution is 0.0942. The zero-order chi connectivity index (χ0) is 13.9. The summed E-state index contributed by atoms with van der Waals surface area (Å²) in [5.74, 6) is 0.319. The molecule has 1 saturated heterocycles. The van der Waals surface area contributed by atoms with Gasteiger partial charge in [-0.05, 0) is 28.6 Å². The SMILES string of the molecule is O=C(NCC1CNC1)c1cc(Cl)ccc1-n1cnnn1. The van der Waals surface area contributed by atoms with Gasteiger partial charge in [0.2, 0.25) is 0 Å². The molecule has 0 saturated carbocycles. The highest BCUT2D eigenvalue weighted by atomic mass is 35.5. The van der Waals surface area contributed by atoms with Crippen molar-refractivity contribution in [2.24, 2.45) is 5.92 Å². The van der Waals surface area contributed by atoms with Crippen molar-refractivity contribution < 1.29 is 4.79 Å². The van der Waals surface area contributed by atoms with Crippen LogP contribution in [-0.2, 0) is 0 Å². The Kier molecular flexibility index (Phi) is 3.62. The summed E-state index contributed by atoms with van der Waals surface area (Å²) in [5.41, 5.74) is 1.06. The molecule has 0 unspecified atom stereocenters. The number of tetrazole rings is 1. The fourth-order valence-electron chi connectivity index (χ4n) is 1.99. The third-order valence-corrected chi connectivity index (χ3v) is 3.45. The topological polar surface area (TPSA) is 84.7 Å². The van der Waals surface area contributed by atoms with Crippen molar-refractivity contribution in [1.82, 2.24) is 30.8 Å². The van der Waals surface area contributed by atoms with E-state index in [0.717, 1.165) is 13.1 Å². The molecule has 0 radical (unpaired) electrons. The minimum atomic E-state index is -0.176. The van der Waals surface area contributed by atoms with Crippen LogP contribution in [0.15, 0.2) is 24.5 Å². The van der Waals surface area contributed by atoms with Crippen molar-refractivity contribution in [3.05, 3.63) is 35.1 Å². The van der Waals surface area contributed by atoms with E-state index in [9.17, 15) is 4.79 Å². The van der Waals surface area contributed by atoms with E-state index in [1.54, 1.807) is 18.2 Å². The van der Waals surface area contributed by atoms with Crippen LogP contribution in [0.5, 0.6) is 0 Å². The molecule has 104 valence electrons. The highest BCUT2D eigenvalue weighted by Crippen LogP contribution is 2.19. The highest BCUT2D eigenvalue weighted by Gasteiger charge is 2.19. The molecule has 3 rings (SSSR count). The summed E-state index contributed by atoms with van der Waals surface area (Å²) < 4.78 is 1.44. The molecule has 2 heterocycles. The predicted octanol–water partition coefficient (Wildman–Crippen LogP) is 0.265. The average Bonchev–Trinajstić information content (AvgIpc) is 2.90. The molecule has 2 N–H and O–H groups in total. The molecule has 1 amide bonds. The second kappa shape index (κ2) is 5.56. The summed E-state index contributed by atoms with van der Waals surface area (Å²) in [6.07, 6.45) is 1.44. The number of carbonyl (C=O) groups is 1. The second-order valence-corrected chi connectivity index (χ2v) is 5.09. The lowest BCUT2D eigenvalue weighted by Gasteiger charge is -2.27. The molecule has 0 atom stereocenters. The third-order valence-electron chi connectivity index (χ3n) is 3.22. The monoisotopic (exact) mass is 292 g/mol. The van der Waals surface area contributed by atoms with Gasteiger partial charge in [0.1, 0.15) is 6.33 Å². The van der Waals surface area contributed by atoms with Gasteiger partial charge >= 0.3 is 0 Å². The van der Waals surface area contributed by atoms with Crippen molar-refractivity contribution in [3.8, 4) is 5.69 Å². The van der Waals surface area contributed by atoms with Gasteiger partial charge in [-0.1, -0.05) is 11.6 Å². The van der Waals surface area contributed by atoms with E-state index in [2.05, 4.69) is 26.2 Å². The molecule has 0 spiro atoms. The normalized spacial score (nSPS) is 14.8. The van der Waals surface area contributed by atoms with Crippen LogP contribution in [0.4, 0.5) is 0 Å². The molecule has 20 heavy (non-hydrogen) atoms. The number of aromatic nitrogens is 4. The first-order valence-corrected chi connectivity index (χ1v) is 6.63. The standard InChI is InChI=1S/C12H13ClN6O/c13-9-1-2-11(19-7-16-17-18-19)10(3-9)12(20)15-6-8-4-14-5-8/h1-3,7-8,14H,4-6H2,(H,15,20). The summed E-state index contributed by atoms with van der Waals surface area (Å²) in [6, 6.07) is 5.04. The molecular formula is C12H13ClN6O. The first-order chi connectivity index (χ1) is 9.74. The van der Waals surface area contributed by atoms with Gasteiger partial charge in [0, 0.05) is 30.6 Å². The minimum Gasteiger partial charge on any atom is -0.352 e. The van der Waals surface area contributed by atoms with Crippen LogP contribution < -0.4 is 10.6 Å². The van der Waals surface area contributed by atoms with Crippen molar-refractivity contribution in [2.75, 3.05) is 19.6 Å². The Morgan fingerprint density at radius 1 is 1.50 bits per heavy atom. The maximum atomic E-state index is 12.3. The van der Waals surface area contributed by atoms with Gasteiger partial charge < -0.3 is 10.6 Å². The maximum absolute atomic E-state index is 12.3. The summed E-state index contributed by atoms with van der Waals surface area (Å²) in [4.78, 5) is 12.3. The summed E-state index contributed by atoms with van der Waals surface area (Å²) in [7, 11) is 0. The fourth-order valence-corrected chi connectivity index (χ4v) is 2.16.